The zero-order valence-corrected chi connectivity index (χ0v) is 11.9. The molecule has 11 heteroatoms. The van der Waals surface area contributed by atoms with Gasteiger partial charge in [-0.25, -0.2) is 4.79 Å². The molecule has 0 N–H and O–H groups in total. The van der Waals surface area contributed by atoms with Gasteiger partial charge in [-0.2, -0.15) is 0 Å². The minimum absolute atomic E-state index is 0.0855. The first-order chi connectivity index (χ1) is 9.15. The number of carbonyl (C=O) groups is 1. The molecule has 0 aliphatic carbocycles. The molecule has 0 aromatic carbocycles. The lowest BCUT2D eigenvalue weighted by Gasteiger charge is -2.09. The van der Waals surface area contributed by atoms with E-state index in [9.17, 15) is 28.1 Å². The van der Waals surface area contributed by atoms with Gasteiger partial charge in [0.1, 0.15) is 3.57 Å². The van der Waals surface area contributed by atoms with Gasteiger partial charge in [0.25, 0.3) is 0 Å². The van der Waals surface area contributed by atoms with Gasteiger partial charge in [-0.3, -0.25) is 0 Å². The molecule has 1 rings (SSSR count). The van der Waals surface area contributed by atoms with E-state index in [1.165, 1.54) is 29.5 Å². The van der Waals surface area contributed by atoms with E-state index in [1.54, 1.807) is 0 Å². The number of halogens is 4. The molecule has 7 nitrogen and oxygen atoms in total. The number of alkyl halides is 3. The lowest BCUT2D eigenvalue weighted by Crippen LogP contribution is -2.21. The Balaban J connectivity index is 3.37. The van der Waals surface area contributed by atoms with Crippen LogP contribution in [0.25, 0.3) is 0 Å². The van der Waals surface area contributed by atoms with Crippen molar-refractivity contribution in [1.29, 1.82) is 0 Å². The predicted molar refractivity (Wildman–Crippen MR) is 66.2 cm³/mol. The molecule has 0 unspecified atom stereocenters. The molecule has 0 bridgehead atoms. The molecule has 0 spiro atoms. The summed E-state index contributed by atoms with van der Waals surface area (Å²) >= 11 is 1.47. The molecule has 0 saturated heterocycles. The zero-order chi connectivity index (χ0) is 15.5. The summed E-state index contributed by atoms with van der Waals surface area (Å²) < 4.78 is 44.6. The Bertz CT molecular complexity index is 549. The number of aromatic nitrogens is 1. The molecule has 0 radical (unpaired) electrons. The molecule has 0 fully saturated rings. The SMILES string of the molecule is CCOC(=O)c1cc(I)c([N+](=O)[O-])nc1OC(F)(F)F. The summed E-state index contributed by atoms with van der Waals surface area (Å²) in [5, 5.41) is 10.6. The van der Waals surface area contributed by atoms with E-state index in [1.807, 2.05) is 0 Å². The average molecular weight is 406 g/mol. The number of carbonyl (C=O) groups excluding carboxylic acids is 1. The molecule has 0 amide bonds. The van der Waals surface area contributed by atoms with Crippen LogP contribution in [0.4, 0.5) is 19.0 Å². The fourth-order valence-corrected chi connectivity index (χ4v) is 1.76. The van der Waals surface area contributed by atoms with E-state index < -0.39 is 34.5 Å². The number of ether oxygens (including phenoxy) is 2. The van der Waals surface area contributed by atoms with Gasteiger partial charge in [0, 0.05) is 4.98 Å². The van der Waals surface area contributed by atoms with E-state index in [4.69, 9.17) is 0 Å². The number of hydrogen-bond donors (Lipinski definition) is 0. The van der Waals surface area contributed by atoms with Crippen molar-refractivity contribution in [3.8, 4) is 5.88 Å². The number of pyridine rings is 1. The van der Waals surface area contributed by atoms with Crippen LogP contribution in [0, 0.1) is 13.7 Å². The summed E-state index contributed by atoms with van der Waals surface area (Å²) in [7, 11) is 0. The molecule has 110 valence electrons. The molecule has 1 aromatic heterocycles. The molecule has 1 aromatic rings. The molecule has 0 aliphatic heterocycles. The van der Waals surface area contributed by atoms with Crippen LogP contribution >= 0.6 is 22.6 Å². The number of hydrogen-bond acceptors (Lipinski definition) is 6. The van der Waals surface area contributed by atoms with Gasteiger partial charge < -0.3 is 19.6 Å². The van der Waals surface area contributed by atoms with E-state index in [0.29, 0.717) is 0 Å². The maximum absolute atomic E-state index is 12.2. The van der Waals surface area contributed by atoms with Crippen LogP contribution in [0.2, 0.25) is 0 Å². The first-order valence-electron chi connectivity index (χ1n) is 4.93. The fraction of sp³-hybridized carbons (Fsp3) is 0.333. The summed E-state index contributed by atoms with van der Waals surface area (Å²) in [4.78, 5) is 24.3. The summed E-state index contributed by atoms with van der Waals surface area (Å²) in [5.41, 5.74) is -0.640. The maximum Gasteiger partial charge on any atom is 0.575 e. The second kappa shape index (κ2) is 6.19. The van der Waals surface area contributed by atoms with Crippen molar-refractivity contribution in [3.63, 3.8) is 0 Å². The summed E-state index contributed by atoms with van der Waals surface area (Å²) in [5.74, 6) is -3.19. The fourth-order valence-electron chi connectivity index (χ4n) is 1.13. The van der Waals surface area contributed by atoms with E-state index in [0.717, 1.165) is 6.07 Å². The van der Waals surface area contributed by atoms with Gasteiger partial charge in [0.05, 0.1) is 6.61 Å². The predicted octanol–water partition coefficient (Wildman–Crippen LogP) is 2.67. The minimum Gasteiger partial charge on any atom is -0.462 e. The van der Waals surface area contributed by atoms with Crippen molar-refractivity contribution >= 4 is 34.4 Å². The summed E-state index contributed by atoms with van der Waals surface area (Å²) in [6, 6.07) is 0.852. The van der Waals surface area contributed by atoms with E-state index in [-0.39, 0.29) is 10.2 Å². The quantitative estimate of drug-likeness (QED) is 0.331. The van der Waals surface area contributed by atoms with Crippen molar-refractivity contribution in [2.75, 3.05) is 6.61 Å². The van der Waals surface area contributed by atoms with Crippen molar-refractivity contribution in [2.45, 2.75) is 13.3 Å². The smallest absolute Gasteiger partial charge is 0.462 e. The molecular formula is C9H6F3IN2O5. The van der Waals surface area contributed by atoms with Crippen LogP contribution in [0.5, 0.6) is 5.88 Å². The molecule has 0 saturated carbocycles. The van der Waals surface area contributed by atoms with Gasteiger partial charge in [-0.15, -0.1) is 13.2 Å². The lowest BCUT2D eigenvalue weighted by molar-refractivity contribution is -0.391. The molecule has 1 heterocycles. The highest BCUT2D eigenvalue weighted by Gasteiger charge is 2.38. The molecular weight excluding hydrogens is 400 g/mol. The van der Waals surface area contributed by atoms with Crippen molar-refractivity contribution in [2.24, 2.45) is 0 Å². The zero-order valence-electron chi connectivity index (χ0n) is 9.73. The Morgan fingerprint density at radius 2 is 2.15 bits per heavy atom. The normalized spacial score (nSPS) is 11.1. The monoisotopic (exact) mass is 406 g/mol. The van der Waals surface area contributed by atoms with Crippen LogP contribution < -0.4 is 4.74 Å². The van der Waals surface area contributed by atoms with Crippen LogP contribution in [-0.2, 0) is 4.74 Å². The number of nitrogens with zero attached hydrogens (tertiary/aromatic N) is 2. The van der Waals surface area contributed by atoms with Crippen LogP contribution in [0.15, 0.2) is 6.07 Å². The highest BCUT2D eigenvalue weighted by atomic mass is 127. The third kappa shape index (κ3) is 4.18. The van der Waals surface area contributed by atoms with E-state index >= 15 is 0 Å². The molecule has 0 aliphatic rings. The van der Waals surface area contributed by atoms with Crippen molar-refractivity contribution in [3.05, 3.63) is 25.3 Å². The Morgan fingerprint density at radius 1 is 1.55 bits per heavy atom. The van der Waals surface area contributed by atoms with Gasteiger partial charge in [0.2, 0.25) is 0 Å². The van der Waals surface area contributed by atoms with Crippen LogP contribution in [0.1, 0.15) is 17.3 Å². The van der Waals surface area contributed by atoms with Crippen molar-refractivity contribution in [1.82, 2.24) is 4.98 Å². The Kier molecular flexibility index (Phi) is 5.08. The van der Waals surface area contributed by atoms with Crippen molar-refractivity contribution < 1.29 is 32.4 Å². The number of nitro groups is 1. The first kappa shape index (κ1) is 16.4. The molecule has 20 heavy (non-hydrogen) atoms. The largest absolute Gasteiger partial charge is 0.575 e. The molecule has 0 atom stereocenters. The lowest BCUT2D eigenvalue weighted by atomic mass is 10.2. The van der Waals surface area contributed by atoms with Gasteiger partial charge in [-0.05, 0) is 40.5 Å². The maximum atomic E-state index is 12.2. The minimum atomic E-state index is -5.14. The van der Waals surface area contributed by atoms with E-state index in [2.05, 4.69) is 14.5 Å². The Labute approximate surface area is 123 Å². The third-order valence-corrected chi connectivity index (χ3v) is 2.60. The Hall–Kier alpha value is -1.66. The number of esters is 1. The summed E-state index contributed by atoms with van der Waals surface area (Å²) in [6.45, 7) is 1.36. The van der Waals surface area contributed by atoms with Gasteiger partial charge >= 0.3 is 24.0 Å². The second-order valence-corrected chi connectivity index (χ2v) is 4.33. The first-order valence-corrected chi connectivity index (χ1v) is 6.01. The van der Waals surface area contributed by atoms with Crippen LogP contribution in [-0.4, -0.2) is 28.8 Å². The highest BCUT2D eigenvalue weighted by Crippen LogP contribution is 2.30. The van der Waals surface area contributed by atoms with Gasteiger partial charge in [-0.1, -0.05) is 0 Å². The summed E-state index contributed by atoms with van der Waals surface area (Å²) in [6.07, 6.45) is -5.14. The average Bonchev–Trinajstić information content (AvgIpc) is 2.29. The Morgan fingerprint density at radius 3 is 2.60 bits per heavy atom. The van der Waals surface area contributed by atoms with Gasteiger partial charge in [0.15, 0.2) is 5.56 Å². The topological polar surface area (TPSA) is 91.6 Å². The highest BCUT2D eigenvalue weighted by molar-refractivity contribution is 14.1. The number of rotatable bonds is 4. The third-order valence-electron chi connectivity index (χ3n) is 1.80. The standard InChI is InChI=1S/C9H6F3IN2O5/c1-2-19-8(16)4-3-5(13)6(15(17)18)14-7(4)20-9(10,11)12/h3H,2H2,1H3. The van der Waals surface area contributed by atoms with Crippen LogP contribution in [0.3, 0.4) is 0 Å². The second-order valence-electron chi connectivity index (χ2n) is 3.17.